The molecule has 1 unspecified atom stereocenters. The lowest BCUT2D eigenvalue weighted by Crippen LogP contribution is -2.40. The maximum Gasteiger partial charge on any atom is 0.416 e. The zero-order valence-corrected chi connectivity index (χ0v) is 17.4. The molecule has 1 aliphatic heterocycles. The van der Waals surface area contributed by atoms with Crippen LogP contribution in [-0.2, 0) is 20.9 Å². The van der Waals surface area contributed by atoms with E-state index in [1.165, 1.54) is 24.2 Å². The van der Waals surface area contributed by atoms with Crippen LogP contribution in [0.15, 0.2) is 29.2 Å². The Kier molecular flexibility index (Phi) is 7.24. The lowest BCUT2D eigenvalue weighted by atomic mass is 9.93. The number of ether oxygens (including phenoxy) is 1. The maximum absolute atomic E-state index is 12.8. The fourth-order valence-corrected chi connectivity index (χ4v) is 5.55. The minimum Gasteiger partial charge on any atom is -0.378 e. The Hall–Kier alpha value is -1.16. The monoisotopic (exact) mass is 434 g/mol. The number of halogens is 3. The summed E-state index contributed by atoms with van der Waals surface area (Å²) in [6.45, 7) is 1.79. The third-order valence-corrected chi connectivity index (χ3v) is 7.92. The van der Waals surface area contributed by atoms with Gasteiger partial charge in [-0.2, -0.15) is 17.5 Å². The molecule has 1 aromatic rings. The second-order valence-electron chi connectivity index (χ2n) is 7.93. The summed E-state index contributed by atoms with van der Waals surface area (Å²) in [6, 6.07) is 4.06. The highest BCUT2D eigenvalue weighted by Gasteiger charge is 2.34. The Bertz CT molecular complexity index is 754. The molecule has 1 atom stereocenters. The molecule has 9 heteroatoms. The van der Waals surface area contributed by atoms with Crippen molar-refractivity contribution in [3.8, 4) is 0 Å². The van der Waals surface area contributed by atoms with Crippen molar-refractivity contribution < 1.29 is 26.3 Å². The lowest BCUT2D eigenvalue weighted by Gasteiger charge is -2.34. The van der Waals surface area contributed by atoms with Gasteiger partial charge in [-0.15, -0.1) is 0 Å². The number of hydrogen-bond donors (Lipinski definition) is 1. The molecular formula is C20H29F3N2O3S. The molecule has 1 aliphatic carbocycles. The Morgan fingerprint density at radius 3 is 2.31 bits per heavy atom. The van der Waals surface area contributed by atoms with Crippen LogP contribution in [0.5, 0.6) is 0 Å². The number of hydrogen-bond acceptors (Lipinski definition) is 4. The molecule has 164 valence electrons. The molecule has 1 heterocycles. The summed E-state index contributed by atoms with van der Waals surface area (Å²) in [4.78, 5) is -0.115. The van der Waals surface area contributed by atoms with Crippen molar-refractivity contribution in [1.29, 1.82) is 0 Å². The third-order valence-electron chi connectivity index (χ3n) is 6.00. The molecule has 1 aromatic carbocycles. The van der Waals surface area contributed by atoms with Gasteiger partial charge < -0.3 is 10.1 Å². The van der Waals surface area contributed by atoms with E-state index in [-0.39, 0.29) is 17.0 Å². The molecule has 2 fully saturated rings. The van der Waals surface area contributed by atoms with E-state index < -0.39 is 21.8 Å². The normalized spacial score (nSPS) is 26.2. The van der Waals surface area contributed by atoms with Gasteiger partial charge in [-0.3, -0.25) is 0 Å². The predicted molar refractivity (Wildman–Crippen MR) is 104 cm³/mol. The van der Waals surface area contributed by atoms with Gasteiger partial charge in [0.05, 0.1) is 16.6 Å². The number of benzene rings is 1. The summed E-state index contributed by atoms with van der Waals surface area (Å²) in [5, 5.41) is 3.44. The van der Waals surface area contributed by atoms with E-state index in [4.69, 9.17) is 4.74 Å². The van der Waals surface area contributed by atoms with Gasteiger partial charge in [-0.25, -0.2) is 8.42 Å². The average molecular weight is 435 g/mol. The van der Waals surface area contributed by atoms with Gasteiger partial charge in [0.15, 0.2) is 0 Å². The van der Waals surface area contributed by atoms with E-state index in [1.807, 2.05) is 0 Å². The molecule has 1 saturated carbocycles. The van der Waals surface area contributed by atoms with Crippen LogP contribution in [0.1, 0.15) is 50.5 Å². The first kappa shape index (κ1) is 22.5. The molecule has 5 nitrogen and oxygen atoms in total. The van der Waals surface area contributed by atoms with Gasteiger partial charge in [-0.1, -0.05) is 0 Å². The summed E-state index contributed by atoms with van der Waals surface area (Å²) in [7, 11) is -2.32. The molecule has 0 amide bonds. The lowest BCUT2D eigenvalue weighted by molar-refractivity contribution is -0.137. The Labute approximate surface area is 170 Å². The van der Waals surface area contributed by atoms with Crippen molar-refractivity contribution in [3.05, 3.63) is 29.8 Å². The molecule has 0 spiro atoms. The summed E-state index contributed by atoms with van der Waals surface area (Å²) < 4.78 is 71.0. The van der Waals surface area contributed by atoms with Gasteiger partial charge >= 0.3 is 6.18 Å². The highest BCUT2D eigenvalue weighted by molar-refractivity contribution is 7.89. The van der Waals surface area contributed by atoms with E-state index in [9.17, 15) is 21.6 Å². The highest BCUT2D eigenvalue weighted by atomic mass is 32.2. The van der Waals surface area contributed by atoms with E-state index in [1.54, 1.807) is 0 Å². The molecule has 0 radical (unpaired) electrons. The zero-order valence-electron chi connectivity index (χ0n) is 16.6. The third kappa shape index (κ3) is 5.71. The molecule has 0 aromatic heterocycles. The molecule has 3 rings (SSSR count). The largest absolute Gasteiger partial charge is 0.416 e. The van der Waals surface area contributed by atoms with Crippen molar-refractivity contribution in [2.75, 3.05) is 20.2 Å². The fourth-order valence-electron chi connectivity index (χ4n) is 4.13. The topological polar surface area (TPSA) is 58.6 Å². The summed E-state index contributed by atoms with van der Waals surface area (Å²) in [6.07, 6.45) is 2.02. The number of alkyl halides is 3. The van der Waals surface area contributed by atoms with Crippen LogP contribution in [0.2, 0.25) is 0 Å². The number of nitrogens with zero attached hydrogens (tertiary/aromatic N) is 1. The van der Waals surface area contributed by atoms with Gasteiger partial charge in [0.2, 0.25) is 10.0 Å². The second-order valence-corrected chi connectivity index (χ2v) is 9.92. The summed E-state index contributed by atoms with van der Waals surface area (Å²) in [5.41, 5.74) is -0.857. The molecule has 1 saturated heterocycles. The van der Waals surface area contributed by atoms with Gasteiger partial charge in [-0.05, 0) is 75.8 Å². The molecule has 1 N–H and O–H groups in total. The van der Waals surface area contributed by atoms with Crippen LogP contribution in [0, 0.1) is 0 Å². The fraction of sp³-hybridized carbons (Fsp3) is 0.700. The van der Waals surface area contributed by atoms with Crippen molar-refractivity contribution >= 4 is 10.0 Å². The standard InChI is InChI=1S/C20H29F3N2O3S/c1-25(29(26,27)19-10-4-15(5-11-19)20(21,22)23)17-6-8-18(9-7-17)28-14-12-16-3-2-13-24-16/h4-5,10-11,16-18,24H,2-3,6-9,12-14H2,1H3. The first-order valence-corrected chi connectivity index (χ1v) is 11.6. The van der Waals surface area contributed by atoms with Crippen LogP contribution in [0.3, 0.4) is 0 Å². The first-order valence-electron chi connectivity index (χ1n) is 10.2. The second kappa shape index (κ2) is 9.32. The quantitative estimate of drug-likeness (QED) is 0.709. The summed E-state index contributed by atoms with van der Waals surface area (Å²) >= 11 is 0. The number of nitrogens with one attached hydrogen (secondary N) is 1. The van der Waals surface area contributed by atoms with E-state index >= 15 is 0 Å². The van der Waals surface area contributed by atoms with Crippen molar-refractivity contribution in [3.63, 3.8) is 0 Å². The Morgan fingerprint density at radius 1 is 1.10 bits per heavy atom. The average Bonchev–Trinajstić information content (AvgIpc) is 3.21. The summed E-state index contributed by atoms with van der Waals surface area (Å²) in [5.74, 6) is 0. The first-order chi connectivity index (χ1) is 13.7. The number of sulfonamides is 1. The van der Waals surface area contributed by atoms with Gasteiger partial charge in [0.25, 0.3) is 0 Å². The van der Waals surface area contributed by atoms with Gasteiger partial charge in [0.1, 0.15) is 0 Å². The molecule has 2 aliphatic rings. The minimum absolute atomic E-state index is 0.115. The predicted octanol–water partition coefficient (Wildman–Crippen LogP) is 3.80. The molecule has 0 bridgehead atoms. The van der Waals surface area contributed by atoms with E-state index in [2.05, 4.69) is 5.32 Å². The van der Waals surface area contributed by atoms with Crippen LogP contribution in [0.25, 0.3) is 0 Å². The van der Waals surface area contributed by atoms with Crippen LogP contribution in [0.4, 0.5) is 13.2 Å². The van der Waals surface area contributed by atoms with Gasteiger partial charge in [0, 0.05) is 25.7 Å². The van der Waals surface area contributed by atoms with Crippen LogP contribution >= 0.6 is 0 Å². The SMILES string of the molecule is CN(C1CCC(OCCC2CCCN2)CC1)S(=O)(=O)c1ccc(C(F)(F)F)cc1. The zero-order chi connectivity index (χ0) is 21.1. The molecular weight excluding hydrogens is 405 g/mol. The van der Waals surface area contributed by atoms with E-state index in [0.29, 0.717) is 25.5 Å². The van der Waals surface area contributed by atoms with Crippen molar-refractivity contribution in [1.82, 2.24) is 9.62 Å². The van der Waals surface area contributed by atoms with Crippen molar-refractivity contribution in [2.24, 2.45) is 0 Å². The van der Waals surface area contributed by atoms with E-state index in [0.717, 1.165) is 50.1 Å². The highest BCUT2D eigenvalue weighted by Crippen LogP contribution is 2.32. The minimum atomic E-state index is -4.49. The maximum atomic E-state index is 12.8. The Morgan fingerprint density at radius 2 is 1.76 bits per heavy atom. The smallest absolute Gasteiger partial charge is 0.378 e. The van der Waals surface area contributed by atoms with Crippen molar-refractivity contribution in [2.45, 2.75) is 74.2 Å². The number of rotatable bonds is 7. The van der Waals surface area contributed by atoms with Crippen LogP contribution in [-0.4, -0.2) is 51.1 Å². The van der Waals surface area contributed by atoms with Crippen LogP contribution < -0.4 is 5.32 Å². The Balaban J connectivity index is 1.50. The molecule has 29 heavy (non-hydrogen) atoms.